The Labute approximate surface area is 80.3 Å². The Morgan fingerprint density at radius 2 is 2.33 bits per heavy atom. The van der Waals surface area contributed by atoms with Gasteiger partial charge in [0.05, 0.1) is 0 Å². The molecule has 3 heteroatoms. The van der Waals surface area contributed by atoms with Gasteiger partial charge in [0.2, 0.25) is 0 Å². The molecule has 1 aliphatic rings. The van der Waals surface area contributed by atoms with Crippen LogP contribution in [0.5, 0.6) is 0 Å². The van der Waals surface area contributed by atoms with Crippen molar-refractivity contribution in [2.45, 2.75) is 18.9 Å². The zero-order valence-corrected chi connectivity index (χ0v) is 8.29. The number of rotatable bonds is 2. The molecule has 0 amide bonds. The van der Waals surface area contributed by atoms with Crippen LogP contribution >= 0.6 is 15.9 Å². The number of pyridine rings is 1. The van der Waals surface area contributed by atoms with Gasteiger partial charge in [-0.05, 0) is 52.4 Å². The van der Waals surface area contributed by atoms with Crippen molar-refractivity contribution in [3.8, 4) is 0 Å². The number of hydrogen-bond acceptors (Lipinski definition) is 2. The third-order valence-corrected chi connectivity index (χ3v) is 2.70. The zero-order chi connectivity index (χ0) is 8.55. The third kappa shape index (κ3) is 1.67. The smallest absolute Gasteiger partial charge is 0.106 e. The van der Waals surface area contributed by atoms with E-state index in [1.807, 2.05) is 12.1 Å². The number of nitrogens with two attached hydrogens (primary N) is 1. The summed E-state index contributed by atoms with van der Waals surface area (Å²) in [4.78, 5) is 4.06. The van der Waals surface area contributed by atoms with E-state index in [0.29, 0.717) is 5.92 Å². The van der Waals surface area contributed by atoms with E-state index >= 15 is 0 Å². The van der Waals surface area contributed by atoms with Gasteiger partial charge in [-0.25, -0.2) is 4.98 Å². The lowest BCUT2D eigenvalue weighted by Crippen LogP contribution is -2.12. The summed E-state index contributed by atoms with van der Waals surface area (Å²) in [7, 11) is 0. The Kier molecular flexibility index (Phi) is 2.15. The summed E-state index contributed by atoms with van der Waals surface area (Å²) < 4.78 is 0.871. The van der Waals surface area contributed by atoms with Crippen molar-refractivity contribution in [3.05, 3.63) is 28.5 Å². The molecule has 0 saturated heterocycles. The predicted molar refractivity (Wildman–Crippen MR) is 51.6 cm³/mol. The Bertz CT molecular complexity index is 284. The van der Waals surface area contributed by atoms with Crippen LogP contribution in [0.15, 0.2) is 22.9 Å². The summed E-state index contributed by atoms with van der Waals surface area (Å²) in [5.74, 6) is 0.708. The van der Waals surface area contributed by atoms with Crippen LogP contribution in [0.1, 0.15) is 24.4 Å². The summed E-state index contributed by atoms with van der Waals surface area (Å²) in [5.41, 5.74) is 7.21. The molecule has 0 radical (unpaired) electrons. The topological polar surface area (TPSA) is 38.9 Å². The molecule has 1 aromatic rings. The van der Waals surface area contributed by atoms with E-state index in [2.05, 4.69) is 20.9 Å². The minimum Gasteiger partial charge on any atom is -0.324 e. The largest absolute Gasteiger partial charge is 0.324 e. The van der Waals surface area contributed by atoms with Gasteiger partial charge in [0, 0.05) is 12.2 Å². The van der Waals surface area contributed by atoms with Gasteiger partial charge < -0.3 is 5.73 Å². The molecule has 0 aliphatic heterocycles. The van der Waals surface area contributed by atoms with Crippen LogP contribution < -0.4 is 5.73 Å². The third-order valence-electron chi connectivity index (χ3n) is 2.27. The lowest BCUT2D eigenvalue weighted by atomic mass is 10.1. The van der Waals surface area contributed by atoms with E-state index < -0.39 is 0 Å². The highest BCUT2D eigenvalue weighted by Crippen LogP contribution is 2.39. The van der Waals surface area contributed by atoms with Gasteiger partial charge in [0.15, 0.2) is 0 Å². The van der Waals surface area contributed by atoms with E-state index in [1.54, 1.807) is 6.20 Å². The maximum Gasteiger partial charge on any atom is 0.106 e. The molecular weight excluding hydrogens is 216 g/mol. The van der Waals surface area contributed by atoms with Gasteiger partial charge in [0.1, 0.15) is 4.60 Å². The van der Waals surface area contributed by atoms with Crippen molar-refractivity contribution in [1.29, 1.82) is 0 Å². The van der Waals surface area contributed by atoms with Crippen LogP contribution in [-0.4, -0.2) is 4.98 Å². The fraction of sp³-hybridized carbons (Fsp3) is 0.444. The first kappa shape index (κ1) is 8.20. The summed E-state index contributed by atoms with van der Waals surface area (Å²) in [6, 6.07) is 4.21. The van der Waals surface area contributed by atoms with Crippen LogP contribution in [0.2, 0.25) is 0 Å². The fourth-order valence-electron chi connectivity index (χ4n) is 1.35. The Morgan fingerprint density at radius 3 is 2.92 bits per heavy atom. The van der Waals surface area contributed by atoms with Gasteiger partial charge >= 0.3 is 0 Å². The molecular formula is C9H11BrN2. The van der Waals surface area contributed by atoms with Crippen LogP contribution in [0.3, 0.4) is 0 Å². The van der Waals surface area contributed by atoms with Gasteiger partial charge in [-0.1, -0.05) is 0 Å². The lowest BCUT2D eigenvalue weighted by Gasteiger charge is -2.09. The average molecular weight is 227 g/mol. The second kappa shape index (κ2) is 3.15. The highest BCUT2D eigenvalue weighted by atomic mass is 79.9. The molecule has 0 aromatic carbocycles. The number of aromatic nitrogens is 1. The van der Waals surface area contributed by atoms with Crippen molar-refractivity contribution in [2.24, 2.45) is 11.7 Å². The molecule has 1 fully saturated rings. The van der Waals surface area contributed by atoms with Gasteiger partial charge in [-0.15, -0.1) is 0 Å². The maximum atomic E-state index is 6.02. The van der Waals surface area contributed by atoms with Gasteiger partial charge in [-0.3, -0.25) is 0 Å². The predicted octanol–water partition coefficient (Wildman–Crippen LogP) is 2.25. The molecule has 64 valence electrons. The van der Waals surface area contributed by atoms with Crippen LogP contribution in [0.4, 0.5) is 0 Å². The summed E-state index contributed by atoms with van der Waals surface area (Å²) in [5, 5.41) is 0. The minimum absolute atomic E-state index is 0.212. The summed E-state index contributed by atoms with van der Waals surface area (Å²) >= 11 is 3.33. The lowest BCUT2D eigenvalue weighted by molar-refractivity contribution is 0.632. The maximum absolute atomic E-state index is 6.02. The minimum atomic E-state index is 0.212. The van der Waals surface area contributed by atoms with E-state index in [9.17, 15) is 0 Å². The average Bonchev–Trinajstić information content (AvgIpc) is 2.85. The Hall–Kier alpha value is -0.410. The first-order valence-electron chi connectivity index (χ1n) is 4.14. The molecule has 0 unspecified atom stereocenters. The van der Waals surface area contributed by atoms with Crippen LogP contribution in [0.25, 0.3) is 0 Å². The molecule has 0 spiro atoms. The highest BCUT2D eigenvalue weighted by molar-refractivity contribution is 9.10. The van der Waals surface area contributed by atoms with Crippen molar-refractivity contribution < 1.29 is 0 Å². The van der Waals surface area contributed by atoms with E-state index in [4.69, 9.17) is 5.73 Å². The van der Waals surface area contributed by atoms with E-state index in [-0.39, 0.29) is 6.04 Å². The second-order valence-corrected chi connectivity index (χ2v) is 4.09. The van der Waals surface area contributed by atoms with Crippen molar-refractivity contribution in [1.82, 2.24) is 4.98 Å². The molecule has 2 N–H and O–H groups in total. The summed E-state index contributed by atoms with van der Waals surface area (Å²) in [6.07, 6.45) is 4.35. The van der Waals surface area contributed by atoms with Crippen molar-refractivity contribution in [3.63, 3.8) is 0 Å². The van der Waals surface area contributed by atoms with Crippen molar-refractivity contribution >= 4 is 15.9 Å². The summed E-state index contributed by atoms with van der Waals surface area (Å²) in [6.45, 7) is 0. The molecule has 1 aliphatic carbocycles. The van der Waals surface area contributed by atoms with Crippen LogP contribution in [0, 0.1) is 5.92 Å². The monoisotopic (exact) mass is 226 g/mol. The molecule has 1 aromatic heterocycles. The Balaban J connectivity index is 2.20. The molecule has 1 atom stereocenters. The first-order chi connectivity index (χ1) is 5.77. The zero-order valence-electron chi connectivity index (χ0n) is 6.70. The number of hydrogen-bond donors (Lipinski definition) is 1. The second-order valence-electron chi connectivity index (χ2n) is 3.28. The standard InChI is InChI=1S/C9H11BrN2/c10-8-5-7(3-4-12-8)9(11)6-1-2-6/h3-6,9H,1-2,11H2/t9-/m1/s1. The van der Waals surface area contributed by atoms with Crippen LogP contribution in [-0.2, 0) is 0 Å². The molecule has 1 heterocycles. The number of nitrogens with zero attached hydrogens (tertiary/aromatic N) is 1. The Morgan fingerprint density at radius 1 is 1.58 bits per heavy atom. The first-order valence-corrected chi connectivity index (χ1v) is 4.93. The SMILES string of the molecule is N[C@@H](c1ccnc(Br)c1)C1CC1. The molecule has 1 saturated carbocycles. The highest BCUT2D eigenvalue weighted by Gasteiger charge is 2.29. The normalized spacial score (nSPS) is 19.2. The molecule has 2 nitrogen and oxygen atoms in total. The number of halogens is 1. The van der Waals surface area contributed by atoms with Gasteiger partial charge in [0.25, 0.3) is 0 Å². The van der Waals surface area contributed by atoms with Crippen molar-refractivity contribution in [2.75, 3.05) is 0 Å². The molecule has 0 bridgehead atoms. The molecule has 12 heavy (non-hydrogen) atoms. The molecule has 2 rings (SSSR count). The quantitative estimate of drug-likeness (QED) is 0.787. The van der Waals surface area contributed by atoms with E-state index in [1.165, 1.54) is 18.4 Å². The van der Waals surface area contributed by atoms with E-state index in [0.717, 1.165) is 4.60 Å². The fourth-order valence-corrected chi connectivity index (χ4v) is 1.73. The van der Waals surface area contributed by atoms with Gasteiger partial charge in [-0.2, -0.15) is 0 Å².